The molecule has 0 radical (unpaired) electrons. The molecule has 0 aliphatic carbocycles. The normalized spacial score (nSPS) is 10.4. The summed E-state index contributed by atoms with van der Waals surface area (Å²) in [6, 6.07) is 18.8. The van der Waals surface area contributed by atoms with E-state index in [1.165, 1.54) is 12.1 Å². The summed E-state index contributed by atoms with van der Waals surface area (Å²) in [5.41, 5.74) is 1.02. The van der Waals surface area contributed by atoms with Crippen LogP contribution in [0.3, 0.4) is 0 Å². The van der Waals surface area contributed by atoms with Gasteiger partial charge in [-0.3, -0.25) is 9.59 Å². The average molecular weight is 337 g/mol. The van der Waals surface area contributed by atoms with Crippen LogP contribution in [0, 0.1) is 5.82 Å². The minimum atomic E-state index is -0.585. The SMILES string of the molecule is O=C(CNC(=O)c1ccc2ccccc2c1)OCc1cccc(F)c1. The van der Waals surface area contributed by atoms with E-state index in [4.69, 9.17) is 4.74 Å². The molecule has 0 aromatic heterocycles. The molecule has 0 spiro atoms. The second-order valence-corrected chi connectivity index (χ2v) is 5.54. The molecule has 0 saturated carbocycles. The Bertz CT molecular complexity index is 923. The summed E-state index contributed by atoms with van der Waals surface area (Å²) in [7, 11) is 0. The lowest BCUT2D eigenvalue weighted by Crippen LogP contribution is -2.30. The van der Waals surface area contributed by atoms with Crippen molar-refractivity contribution in [3.05, 3.63) is 83.7 Å². The quantitative estimate of drug-likeness (QED) is 0.726. The first kappa shape index (κ1) is 16.6. The van der Waals surface area contributed by atoms with Crippen LogP contribution >= 0.6 is 0 Å². The Balaban J connectivity index is 1.53. The first-order valence-electron chi connectivity index (χ1n) is 7.79. The molecule has 0 unspecified atom stereocenters. The standard InChI is InChI=1S/C20H16FNO3/c21-18-7-3-4-14(10-18)13-25-19(23)12-22-20(24)17-9-8-15-5-1-2-6-16(15)11-17/h1-11H,12-13H2,(H,22,24). The van der Waals surface area contributed by atoms with E-state index in [0.29, 0.717) is 11.1 Å². The Morgan fingerprint density at radius 2 is 1.72 bits per heavy atom. The number of esters is 1. The summed E-state index contributed by atoms with van der Waals surface area (Å²) in [5, 5.41) is 4.51. The summed E-state index contributed by atoms with van der Waals surface area (Å²) < 4.78 is 18.1. The molecular formula is C20H16FNO3. The van der Waals surface area contributed by atoms with Gasteiger partial charge in [0.05, 0.1) is 0 Å². The number of amides is 1. The van der Waals surface area contributed by atoms with Gasteiger partial charge in [-0.2, -0.15) is 0 Å². The van der Waals surface area contributed by atoms with Crippen LogP contribution in [0.15, 0.2) is 66.7 Å². The lowest BCUT2D eigenvalue weighted by Gasteiger charge is -2.07. The van der Waals surface area contributed by atoms with E-state index >= 15 is 0 Å². The molecule has 1 N–H and O–H groups in total. The predicted octanol–water partition coefficient (Wildman–Crippen LogP) is 3.45. The largest absolute Gasteiger partial charge is 0.460 e. The van der Waals surface area contributed by atoms with Crippen molar-refractivity contribution >= 4 is 22.6 Å². The van der Waals surface area contributed by atoms with Crippen molar-refractivity contribution in [2.45, 2.75) is 6.61 Å². The molecule has 0 bridgehead atoms. The summed E-state index contributed by atoms with van der Waals surface area (Å²) in [5.74, 6) is -1.33. The molecule has 0 aliphatic heterocycles. The maximum absolute atomic E-state index is 13.0. The second kappa shape index (κ2) is 7.57. The molecule has 25 heavy (non-hydrogen) atoms. The summed E-state index contributed by atoms with van der Waals surface area (Å²) in [6.45, 7) is -0.288. The minimum absolute atomic E-state index is 0.0392. The number of ether oxygens (including phenoxy) is 1. The van der Waals surface area contributed by atoms with Crippen molar-refractivity contribution < 1.29 is 18.7 Å². The second-order valence-electron chi connectivity index (χ2n) is 5.54. The Hall–Kier alpha value is -3.21. The Morgan fingerprint density at radius 1 is 0.920 bits per heavy atom. The number of carbonyl (C=O) groups is 2. The number of carbonyl (C=O) groups excluding carboxylic acids is 2. The van der Waals surface area contributed by atoms with Gasteiger partial charge in [0, 0.05) is 5.56 Å². The van der Waals surface area contributed by atoms with Crippen molar-refractivity contribution in [3.63, 3.8) is 0 Å². The topological polar surface area (TPSA) is 55.4 Å². The van der Waals surface area contributed by atoms with Crippen molar-refractivity contribution in [1.82, 2.24) is 5.32 Å². The van der Waals surface area contributed by atoms with E-state index < -0.39 is 11.8 Å². The average Bonchev–Trinajstić information content (AvgIpc) is 2.64. The van der Waals surface area contributed by atoms with Crippen LogP contribution in [0.2, 0.25) is 0 Å². The number of halogens is 1. The van der Waals surface area contributed by atoms with Gasteiger partial charge in [0.25, 0.3) is 5.91 Å². The van der Waals surface area contributed by atoms with Crippen molar-refractivity contribution in [2.24, 2.45) is 0 Å². The fourth-order valence-electron chi connectivity index (χ4n) is 2.43. The number of fused-ring (bicyclic) bond motifs is 1. The van der Waals surface area contributed by atoms with E-state index in [9.17, 15) is 14.0 Å². The molecule has 0 heterocycles. The van der Waals surface area contributed by atoms with Crippen molar-refractivity contribution in [2.75, 3.05) is 6.54 Å². The van der Waals surface area contributed by atoms with Crippen molar-refractivity contribution in [3.8, 4) is 0 Å². The number of rotatable bonds is 5. The van der Waals surface area contributed by atoms with Crippen LogP contribution in [-0.4, -0.2) is 18.4 Å². The third-order valence-electron chi connectivity index (χ3n) is 3.69. The summed E-state index contributed by atoms with van der Waals surface area (Å²) >= 11 is 0. The zero-order chi connectivity index (χ0) is 17.6. The van der Waals surface area contributed by atoms with E-state index in [-0.39, 0.29) is 19.1 Å². The molecule has 3 aromatic rings. The van der Waals surface area contributed by atoms with Crippen LogP contribution in [0.5, 0.6) is 0 Å². The number of benzene rings is 3. The van der Waals surface area contributed by atoms with Crippen molar-refractivity contribution in [1.29, 1.82) is 0 Å². The highest BCUT2D eigenvalue weighted by Crippen LogP contribution is 2.15. The number of hydrogen-bond acceptors (Lipinski definition) is 3. The van der Waals surface area contributed by atoms with Gasteiger partial charge in [-0.1, -0.05) is 42.5 Å². The van der Waals surface area contributed by atoms with Gasteiger partial charge in [-0.15, -0.1) is 0 Å². The van der Waals surface area contributed by atoms with E-state index in [1.54, 1.807) is 24.3 Å². The van der Waals surface area contributed by atoms with Crippen LogP contribution < -0.4 is 5.32 Å². The zero-order valence-corrected chi connectivity index (χ0v) is 13.4. The number of nitrogens with one attached hydrogen (secondary N) is 1. The van der Waals surface area contributed by atoms with Gasteiger partial charge in [0.2, 0.25) is 0 Å². The Morgan fingerprint density at radius 3 is 2.52 bits per heavy atom. The molecule has 0 fully saturated rings. The molecule has 3 rings (SSSR count). The predicted molar refractivity (Wildman–Crippen MR) is 92.5 cm³/mol. The first-order chi connectivity index (χ1) is 12.1. The maximum atomic E-state index is 13.0. The van der Waals surface area contributed by atoms with Gasteiger partial charge in [0.1, 0.15) is 19.0 Å². The van der Waals surface area contributed by atoms with E-state index in [1.807, 2.05) is 30.3 Å². The summed E-state index contributed by atoms with van der Waals surface area (Å²) in [4.78, 5) is 23.9. The highest BCUT2D eigenvalue weighted by Gasteiger charge is 2.10. The Labute approximate surface area is 144 Å². The fraction of sp³-hybridized carbons (Fsp3) is 0.100. The summed E-state index contributed by atoms with van der Waals surface area (Å²) in [6.07, 6.45) is 0. The maximum Gasteiger partial charge on any atom is 0.325 e. The smallest absolute Gasteiger partial charge is 0.325 e. The highest BCUT2D eigenvalue weighted by atomic mass is 19.1. The van der Waals surface area contributed by atoms with Gasteiger partial charge >= 0.3 is 5.97 Å². The van der Waals surface area contributed by atoms with Gasteiger partial charge in [0.15, 0.2) is 0 Å². The number of hydrogen-bond donors (Lipinski definition) is 1. The highest BCUT2D eigenvalue weighted by molar-refractivity contribution is 5.99. The molecule has 126 valence electrons. The molecule has 1 amide bonds. The monoisotopic (exact) mass is 337 g/mol. The molecule has 5 heteroatoms. The lowest BCUT2D eigenvalue weighted by molar-refractivity contribution is -0.143. The molecule has 4 nitrogen and oxygen atoms in total. The van der Waals surface area contributed by atoms with Crippen LogP contribution in [0.25, 0.3) is 10.8 Å². The minimum Gasteiger partial charge on any atom is -0.460 e. The lowest BCUT2D eigenvalue weighted by atomic mass is 10.1. The van der Waals surface area contributed by atoms with Gasteiger partial charge < -0.3 is 10.1 Å². The van der Waals surface area contributed by atoms with Crippen LogP contribution in [0.4, 0.5) is 4.39 Å². The van der Waals surface area contributed by atoms with Gasteiger partial charge in [-0.25, -0.2) is 4.39 Å². The third-order valence-corrected chi connectivity index (χ3v) is 3.69. The zero-order valence-electron chi connectivity index (χ0n) is 13.4. The molecule has 0 atom stereocenters. The third kappa shape index (κ3) is 4.41. The van der Waals surface area contributed by atoms with Crippen LogP contribution in [-0.2, 0) is 16.1 Å². The first-order valence-corrected chi connectivity index (χ1v) is 7.79. The van der Waals surface area contributed by atoms with E-state index in [2.05, 4.69) is 5.32 Å². The molecular weight excluding hydrogens is 321 g/mol. The van der Waals surface area contributed by atoms with E-state index in [0.717, 1.165) is 10.8 Å². The molecule has 0 aliphatic rings. The molecule has 3 aromatic carbocycles. The van der Waals surface area contributed by atoms with Crippen LogP contribution in [0.1, 0.15) is 15.9 Å². The van der Waals surface area contributed by atoms with Gasteiger partial charge in [-0.05, 0) is 40.6 Å². The fourth-order valence-corrected chi connectivity index (χ4v) is 2.43. The Kier molecular flexibility index (Phi) is 5.04. The molecule has 0 saturated heterocycles.